The molecule has 8 heteroatoms. The van der Waals surface area contributed by atoms with E-state index in [2.05, 4.69) is 10.6 Å². The van der Waals surface area contributed by atoms with Gasteiger partial charge in [0.15, 0.2) is 6.29 Å². The third-order valence-corrected chi connectivity index (χ3v) is 3.92. The molecule has 0 spiro atoms. The van der Waals surface area contributed by atoms with E-state index < -0.39 is 37.2 Å². The predicted octanol–water partition coefficient (Wildman–Crippen LogP) is -0.709. The van der Waals surface area contributed by atoms with Crippen LogP contribution in [-0.2, 0) is 25.7 Å². The van der Waals surface area contributed by atoms with Crippen molar-refractivity contribution in [1.82, 2.24) is 10.6 Å². The van der Waals surface area contributed by atoms with Gasteiger partial charge >= 0.3 is 0 Å². The Hall–Kier alpha value is -2.00. The van der Waals surface area contributed by atoms with E-state index in [0.717, 1.165) is 5.56 Å². The molecule has 0 aromatic heterocycles. The Morgan fingerprint density at radius 3 is 2.28 bits per heavy atom. The van der Waals surface area contributed by atoms with Crippen LogP contribution in [0.5, 0.6) is 0 Å². The van der Waals surface area contributed by atoms with Crippen LogP contribution in [0, 0.1) is 0 Å². The van der Waals surface area contributed by atoms with Gasteiger partial charge in [0.2, 0.25) is 11.8 Å². The van der Waals surface area contributed by atoms with Gasteiger partial charge in [-0.15, -0.1) is 0 Å². The van der Waals surface area contributed by atoms with Gasteiger partial charge in [0.1, 0.15) is 18.2 Å². The molecule has 0 bridgehead atoms. The number of nitrogens with one attached hydrogen (secondary N) is 2. The van der Waals surface area contributed by atoms with Crippen LogP contribution >= 0.6 is 0 Å². The number of ether oxygens (including phenoxy) is 2. The number of aliphatic hydroxyl groups excluding tert-OH is 2. The summed E-state index contributed by atoms with van der Waals surface area (Å²) in [5.74, 6) is -0.749. The molecular weight excluding hydrogens is 328 g/mol. The summed E-state index contributed by atoms with van der Waals surface area (Å²) >= 11 is 0. The number of carbonyl (C=O) groups is 2. The standard InChI is InChI=1S/C17H24N2O6/c1-10(21)18-14-13(8-20)25-17(15(16(14)23)19-11(2)22)24-9-12-6-4-3-5-7-12/h3-7,13-17,20,23H,8-9H2,1-2H3,(H,18,21)(H,19,22)/t13-,14+,15+,16+,17+/m1/s1. The van der Waals surface area contributed by atoms with Crippen LogP contribution in [0.25, 0.3) is 0 Å². The second-order valence-corrected chi connectivity index (χ2v) is 5.97. The van der Waals surface area contributed by atoms with Crippen LogP contribution in [0.2, 0.25) is 0 Å². The Labute approximate surface area is 146 Å². The molecule has 25 heavy (non-hydrogen) atoms. The first-order valence-corrected chi connectivity index (χ1v) is 8.06. The van der Waals surface area contributed by atoms with Gasteiger partial charge in [-0.25, -0.2) is 0 Å². The van der Waals surface area contributed by atoms with E-state index in [-0.39, 0.29) is 18.4 Å². The highest BCUT2D eigenvalue weighted by molar-refractivity contribution is 5.74. The van der Waals surface area contributed by atoms with Crippen LogP contribution in [0.15, 0.2) is 30.3 Å². The van der Waals surface area contributed by atoms with Gasteiger partial charge in [-0.05, 0) is 5.56 Å². The van der Waals surface area contributed by atoms with Crippen molar-refractivity contribution in [1.29, 1.82) is 0 Å². The average molecular weight is 352 g/mol. The molecule has 1 aromatic rings. The molecule has 1 aliphatic rings. The zero-order chi connectivity index (χ0) is 18.4. The van der Waals surface area contributed by atoms with Gasteiger partial charge < -0.3 is 30.3 Å². The van der Waals surface area contributed by atoms with E-state index in [9.17, 15) is 19.8 Å². The molecule has 0 aliphatic carbocycles. The fraction of sp³-hybridized carbons (Fsp3) is 0.529. The normalized spacial score (nSPS) is 29.0. The Morgan fingerprint density at radius 1 is 1.12 bits per heavy atom. The van der Waals surface area contributed by atoms with E-state index in [4.69, 9.17) is 9.47 Å². The van der Waals surface area contributed by atoms with Crippen molar-refractivity contribution in [2.75, 3.05) is 6.61 Å². The first-order valence-electron chi connectivity index (χ1n) is 8.06. The number of amides is 2. The fourth-order valence-corrected chi connectivity index (χ4v) is 2.80. The van der Waals surface area contributed by atoms with Crippen LogP contribution < -0.4 is 10.6 Å². The molecule has 1 aliphatic heterocycles. The van der Waals surface area contributed by atoms with E-state index in [1.54, 1.807) is 0 Å². The van der Waals surface area contributed by atoms with Crippen molar-refractivity contribution >= 4 is 11.8 Å². The zero-order valence-electron chi connectivity index (χ0n) is 14.2. The predicted molar refractivity (Wildman–Crippen MR) is 88.2 cm³/mol. The minimum Gasteiger partial charge on any atom is -0.394 e. The van der Waals surface area contributed by atoms with Gasteiger partial charge in [0.05, 0.1) is 19.3 Å². The largest absolute Gasteiger partial charge is 0.394 e. The molecule has 1 saturated heterocycles. The lowest BCUT2D eigenvalue weighted by molar-refractivity contribution is -0.250. The summed E-state index contributed by atoms with van der Waals surface area (Å²) in [6, 6.07) is 7.60. The van der Waals surface area contributed by atoms with E-state index in [1.165, 1.54) is 13.8 Å². The quantitative estimate of drug-likeness (QED) is 0.537. The van der Waals surface area contributed by atoms with Crippen molar-refractivity contribution in [2.45, 2.75) is 51.0 Å². The van der Waals surface area contributed by atoms with Crippen molar-refractivity contribution < 1.29 is 29.3 Å². The van der Waals surface area contributed by atoms with Gasteiger partial charge in [-0.1, -0.05) is 30.3 Å². The molecule has 0 radical (unpaired) electrons. The third kappa shape index (κ3) is 5.23. The summed E-state index contributed by atoms with van der Waals surface area (Å²) in [6.45, 7) is 2.40. The fourth-order valence-electron chi connectivity index (χ4n) is 2.80. The maximum atomic E-state index is 11.5. The minimum absolute atomic E-state index is 0.206. The summed E-state index contributed by atoms with van der Waals surface area (Å²) in [6.07, 6.45) is -3.01. The SMILES string of the molecule is CC(=O)N[C@@H]1[C@@H](OCc2ccccc2)O[C@H](CO)[C@H](NC(C)=O)[C@@H]1O. The second kappa shape index (κ2) is 8.91. The molecule has 8 nitrogen and oxygen atoms in total. The lowest BCUT2D eigenvalue weighted by atomic mass is 9.94. The number of hydrogen-bond donors (Lipinski definition) is 4. The number of aliphatic hydroxyl groups is 2. The number of hydrogen-bond acceptors (Lipinski definition) is 6. The Morgan fingerprint density at radius 2 is 1.72 bits per heavy atom. The lowest BCUT2D eigenvalue weighted by Gasteiger charge is -2.44. The number of carbonyl (C=O) groups excluding carboxylic acids is 2. The van der Waals surface area contributed by atoms with Gasteiger partial charge in [0.25, 0.3) is 0 Å². The summed E-state index contributed by atoms with van der Waals surface area (Å²) in [4.78, 5) is 22.8. The Bertz CT molecular complexity index is 582. The molecule has 1 fully saturated rings. The molecule has 2 amide bonds. The van der Waals surface area contributed by atoms with Gasteiger partial charge in [-0.3, -0.25) is 9.59 Å². The van der Waals surface area contributed by atoms with Crippen molar-refractivity contribution in [3.05, 3.63) is 35.9 Å². The summed E-state index contributed by atoms with van der Waals surface area (Å²) in [5, 5.41) is 25.3. The Balaban J connectivity index is 2.14. The maximum absolute atomic E-state index is 11.5. The van der Waals surface area contributed by atoms with Crippen molar-refractivity contribution in [3.8, 4) is 0 Å². The monoisotopic (exact) mass is 352 g/mol. The zero-order valence-corrected chi connectivity index (χ0v) is 14.2. The summed E-state index contributed by atoms with van der Waals surface area (Å²) in [5.41, 5.74) is 0.895. The van der Waals surface area contributed by atoms with Crippen LogP contribution in [-0.4, -0.2) is 59.2 Å². The second-order valence-electron chi connectivity index (χ2n) is 5.97. The molecule has 5 atom stereocenters. The van der Waals surface area contributed by atoms with Crippen molar-refractivity contribution in [2.24, 2.45) is 0 Å². The third-order valence-electron chi connectivity index (χ3n) is 3.92. The molecule has 138 valence electrons. The maximum Gasteiger partial charge on any atom is 0.217 e. The molecule has 0 unspecified atom stereocenters. The molecule has 2 rings (SSSR count). The lowest BCUT2D eigenvalue weighted by Crippen LogP contribution is -2.68. The molecular formula is C17H24N2O6. The van der Waals surface area contributed by atoms with Crippen LogP contribution in [0.4, 0.5) is 0 Å². The van der Waals surface area contributed by atoms with E-state index in [1.807, 2.05) is 30.3 Å². The van der Waals surface area contributed by atoms with Crippen molar-refractivity contribution in [3.63, 3.8) is 0 Å². The highest BCUT2D eigenvalue weighted by atomic mass is 16.7. The van der Waals surface area contributed by atoms with Crippen LogP contribution in [0.1, 0.15) is 19.4 Å². The van der Waals surface area contributed by atoms with Gasteiger partial charge in [0, 0.05) is 13.8 Å². The molecule has 0 saturated carbocycles. The molecule has 4 N–H and O–H groups in total. The Kier molecular flexibility index (Phi) is 6.89. The average Bonchev–Trinajstić information content (AvgIpc) is 2.58. The molecule has 1 aromatic carbocycles. The first-order chi connectivity index (χ1) is 11.9. The van der Waals surface area contributed by atoms with Crippen LogP contribution in [0.3, 0.4) is 0 Å². The molecule has 1 heterocycles. The smallest absolute Gasteiger partial charge is 0.217 e. The first kappa shape index (κ1) is 19.3. The topological polar surface area (TPSA) is 117 Å². The highest BCUT2D eigenvalue weighted by Crippen LogP contribution is 2.23. The van der Waals surface area contributed by atoms with E-state index in [0.29, 0.717) is 0 Å². The number of rotatable bonds is 6. The number of benzene rings is 1. The van der Waals surface area contributed by atoms with E-state index >= 15 is 0 Å². The summed E-state index contributed by atoms with van der Waals surface area (Å²) in [7, 11) is 0. The minimum atomic E-state index is -1.18. The highest BCUT2D eigenvalue weighted by Gasteiger charge is 2.46. The summed E-state index contributed by atoms with van der Waals surface area (Å²) < 4.78 is 11.4. The van der Waals surface area contributed by atoms with Gasteiger partial charge in [-0.2, -0.15) is 0 Å².